The third-order valence-electron chi connectivity index (χ3n) is 2.38. The van der Waals surface area contributed by atoms with Gasteiger partial charge in [0.15, 0.2) is 0 Å². The van der Waals surface area contributed by atoms with Crippen LogP contribution < -0.4 is 0 Å². The van der Waals surface area contributed by atoms with E-state index in [4.69, 9.17) is 0 Å². The number of aromatic hydroxyl groups is 1. The molecule has 7 heteroatoms. The van der Waals surface area contributed by atoms with Crippen LogP contribution in [0.15, 0.2) is 23.6 Å². The van der Waals surface area contributed by atoms with Crippen LogP contribution in [0, 0.1) is 11.8 Å². The van der Waals surface area contributed by atoms with Crippen molar-refractivity contribution in [1.82, 2.24) is 0 Å². The molecule has 0 bridgehead atoms. The molecule has 0 unspecified atom stereocenters. The van der Waals surface area contributed by atoms with Crippen LogP contribution in [-0.4, -0.2) is 19.0 Å². The van der Waals surface area contributed by atoms with Gasteiger partial charge >= 0.3 is 5.51 Å². The second kappa shape index (κ2) is 6.68. The highest BCUT2D eigenvalue weighted by atomic mass is 32.2. The van der Waals surface area contributed by atoms with Crippen molar-refractivity contribution >= 4 is 15.9 Å². The van der Waals surface area contributed by atoms with Gasteiger partial charge in [0.1, 0.15) is 5.75 Å². The number of sulfone groups is 1. The minimum atomic E-state index is -5.37. The molecule has 114 valence electrons. The zero-order valence-corrected chi connectivity index (χ0v) is 11.9. The largest absolute Gasteiger partial charge is 0.507 e. The highest BCUT2D eigenvalue weighted by Crippen LogP contribution is 2.27. The standard InChI is InChI=1S/C14H13F3O3S/c1-2-3-4-5-11-6-7-13(18)12(10-11)8-9-21(19,20)14(15,16)17/h6-10,18H,2-3H2,1H3/b9-8+. The van der Waals surface area contributed by atoms with Crippen molar-refractivity contribution in [2.75, 3.05) is 0 Å². The summed E-state index contributed by atoms with van der Waals surface area (Å²) in [5, 5.41) is 9.55. The smallest absolute Gasteiger partial charge is 0.501 e. The Kier molecular flexibility index (Phi) is 5.44. The van der Waals surface area contributed by atoms with Crippen molar-refractivity contribution in [3.05, 3.63) is 34.7 Å². The summed E-state index contributed by atoms with van der Waals surface area (Å²) in [7, 11) is -5.37. The molecule has 1 aromatic carbocycles. The maximum Gasteiger partial charge on any atom is 0.501 e. The Morgan fingerprint density at radius 1 is 1.33 bits per heavy atom. The predicted octanol–water partition coefficient (Wildman–Crippen LogP) is 3.45. The summed E-state index contributed by atoms with van der Waals surface area (Å²) in [5.41, 5.74) is -4.94. The van der Waals surface area contributed by atoms with E-state index in [2.05, 4.69) is 11.8 Å². The molecule has 21 heavy (non-hydrogen) atoms. The molecule has 0 fully saturated rings. The Hall–Kier alpha value is -1.94. The number of alkyl halides is 3. The van der Waals surface area contributed by atoms with E-state index in [0.717, 1.165) is 6.42 Å². The van der Waals surface area contributed by atoms with Crippen molar-refractivity contribution < 1.29 is 26.7 Å². The third-order valence-corrected chi connectivity index (χ3v) is 3.52. The average Bonchev–Trinajstić information content (AvgIpc) is 2.38. The van der Waals surface area contributed by atoms with Crippen molar-refractivity contribution in [2.24, 2.45) is 0 Å². The van der Waals surface area contributed by atoms with Crippen LogP contribution in [-0.2, 0) is 9.84 Å². The molecule has 3 nitrogen and oxygen atoms in total. The molecule has 1 rings (SSSR count). The minimum absolute atomic E-state index is 0.0192. The number of unbranched alkanes of at least 4 members (excludes halogenated alkanes) is 1. The molecule has 0 radical (unpaired) electrons. The van der Waals surface area contributed by atoms with E-state index < -0.39 is 15.3 Å². The molecule has 0 saturated heterocycles. The molecular weight excluding hydrogens is 305 g/mol. The van der Waals surface area contributed by atoms with E-state index in [-0.39, 0.29) is 16.7 Å². The normalized spacial score (nSPS) is 12.2. The second-order valence-electron chi connectivity index (χ2n) is 4.12. The van der Waals surface area contributed by atoms with Crippen LogP contribution in [0.3, 0.4) is 0 Å². The lowest BCUT2D eigenvalue weighted by molar-refractivity contribution is -0.0423. The van der Waals surface area contributed by atoms with Crippen LogP contribution in [0.1, 0.15) is 30.9 Å². The van der Waals surface area contributed by atoms with Crippen molar-refractivity contribution in [2.45, 2.75) is 25.3 Å². The van der Waals surface area contributed by atoms with Gasteiger partial charge in [-0.25, -0.2) is 8.42 Å². The Morgan fingerprint density at radius 3 is 2.57 bits per heavy atom. The highest BCUT2D eigenvalue weighted by Gasteiger charge is 2.43. The maximum absolute atomic E-state index is 12.2. The van der Waals surface area contributed by atoms with E-state index >= 15 is 0 Å². The van der Waals surface area contributed by atoms with Gasteiger partial charge in [-0.3, -0.25) is 0 Å². The van der Waals surface area contributed by atoms with Gasteiger partial charge < -0.3 is 5.11 Å². The molecule has 0 amide bonds. The molecule has 0 aliphatic heterocycles. The summed E-state index contributed by atoms with van der Waals surface area (Å²) in [6, 6.07) is 4.06. The van der Waals surface area contributed by atoms with E-state index in [9.17, 15) is 26.7 Å². The molecule has 0 aliphatic rings. The van der Waals surface area contributed by atoms with Gasteiger partial charge in [0.05, 0.1) is 0 Å². The van der Waals surface area contributed by atoms with Crippen LogP contribution in [0.5, 0.6) is 5.75 Å². The van der Waals surface area contributed by atoms with E-state index in [1.54, 1.807) is 0 Å². The lowest BCUT2D eigenvalue weighted by Crippen LogP contribution is -2.20. The summed E-state index contributed by atoms with van der Waals surface area (Å²) in [6.07, 6.45) is 2.22. The van der Waals surface area contributed by atoms with E-state index in [1.807, 2.05) is 6.92 Å². The second-order valence-corrected chi connectivity index (χ2v) is 5.94. The van der Waals surface area contributed by atoms with Crippen molar-refractivity contribution in [1.29, 1.82) is 0 Å². The van der Waals surface area contributed by atoms with Gasteiger partial charge in [-0.2, -0.15) is 13.2 Å². The van der Waals surface area contributed by atoms with Gasteiger partial charge in [-0.1, -0.05) is 18.8 Å². The Labute approximate surface area is 121 Å². The maximum atomic E-state index is 12.2. The first kappa shape index (κ1) is 17.1. The van der Waals surface area contributed by atoms with E-state index in [1.165, 1.54) is 18.2 Å². The first-order chi connectivity index (χ1) is 9.67. The summed E-state index contributed by atoms with van der Waals surface area (Å²) >= 11 is 0. The Balaban J connectivity index is 3.10. The average molecular weight is 318 g/mol. The zero-order valence-electron chi connectivity index (χ0n) is 11.1. The molecule has 0 aromatic heterocycles. The van der Waals surface area contributed by atoms with Crippen molar-refractivity contribution in [3.8, 4) is 17.6 Å². The molecule has 0 spiro atoms. The number of phenols is 1. The lowest BCUT2D eigenvalue weighted by Gasteiger charge is -2.03. The fourth-order valence-corrected chi connectivity index (χ4v) is 1.78. The van der Waals surface area contributed by atoms with Crippen LogP contribution in [0.2, 0.25) is 0 Å². The first-order valence-electron chi connectivity index (χ1n) is 5.98. The lowest BCUT2D eigenvalue weighted by atomic mass is 10.1. The molecule has 0 heterocycles. The monoisotopic (exact) mass is 318 g/mol. The summed E-state index contributed by atoms with van der Waals surface area (Å²) in [4.78, 5) is 0. The molecule has 0 saturated carbocycles. The molecule has 0 atom stereocenters. The number of rotatable bonds is 3. The minimum Gasteiger partial charge on any atom is -0.507 e. The fraction of sp³-hybridized carbons (Fsp3) is 0.286. The number of benzene rings is 1. The number of hydrogen-bond acceptors (Lipinski definition) is 3. The van der Waals surface area contributed by atoms with Crippen LogP contribution in [0.4, 0.5) is 13.2 Å². The van der Waals surface area contributed by atoms with Gasteiger partial charge in [0.2, 0.25) is 0 Å². The van der Waals surface area contributed by atoms with Crippen LogP contribution >= 0.6 is 0 Å². The van der Waals surface area contributed by atoms with Crippen molar-refractivity contribution in [3.63, 3.8) is 0 Å². The number of halogens is 3. The quantitative estimate of drug-likeness (QED) is 0.869. The van der Waals surface area contributed by atoms with Crippen LogP contribution in [0.25, 0.3) is 6.08 Å². The fourth-order valence-electron chi connectivity index (χ4n) is 1.30. The number of phenolic OH excluding ortho intramolecular Hbond substituents is 1. The molecule has 1 N–H and O–H groups in total. The SMILES string of the molecule is CCCC#Cc1ccc(O)c(/C=C/S(=O)(=O)C(F)(F)F)c1. The zero-order chi connectivity index (χ0) is 16.1. The van der Waals surface area contributed by atoms with Gasteiger partial charge in [-0.05, 0) is 30.7 Å². The van der Waals surface area contributed by atoms with Gasteiger partial charge in [-0.15, -0.1) is 0 Å². The van der Waals surface area contributed by atoms with E-state index in [0.29, 0.717) is 18.1 Å². The Morgan fingerprint density at radius 2 is 2.00 bits per heavy atom. The van der Waals surface area contributed by atoms with Gasteiger partial charge in [0, 0.05) is 23.0 Å². The third kappa shape index (κ3) is 4.83. The molecule has 0 aliphatic carbocycles. The predicted molar refractivity (Wildman–Crippen MR) is 73.9 cm³/mol. The molecular formula is C14H13F3O3S. The summed E-state index contributed by atoms with van der Waals surface area (Å²) in [5.74, 6) is 5.29. The first-order valence-corrected chi connectivity index (χ1v) is 7.53. The topological polar surface area (TPSA) is 54.4 Å². The van der Waals surface area contributed by atoms with Gasteiger partial charge in [0.25, 0.3) is 9.84 Å². The summed E-state index contributed by atoms with van der Waals surface area (Å²) in [6.45, 7) is 1.95. The number of hydrogen-bond donors (Lipinski definition) is 1. The highest BCUT2D eigenvalue weighted by molar-refractivity contribution is 7.95. The molecule has 1 aromatic rings. The Bertz CT molecular complexity index is 692. The summed E-state index contributed by atoms with van der Waals surface area (Å²) < 4.78 is 58.4.